The largest absolute Gasteiger partial charge is 0.493 e. The molecule has 0 aliphatic rings. The Morgan fingerprint density at radius 3 is 2.64 bits per heavy atom. The second kappa shape index (κ2) is 10.1. The van der Waals surface area contributed by atoms with E-state index in [1.807, 2.05) is 13.0 Å². The van der Waals surface area contributed by atoms with E-state index in [1.165, 1.54) is 0 Å². The number of rotatable bonds is 9. The Labute approximate surface area is 162 Å². The number of esters is 1. The minimum absolute atomic E-state index is 0.0308. The molecular formula is C20H22N2O6. The summed E-state index contributed by atoms with van der Waals surface area (Å²) in [6.45, 7) is 4.38. The van der Waals surface area contributed by atoms with Gasteiger partial charge in [0.2, 0.25) is 0 Å². The quantitative estimate of drug-likeness (QED) is 0.363. The second-order valence-corrected chi connectivity index (χ2v) is 5.70. The van der Waals surface area contributed by atoms with E-state index in [-0.39, 0.29) is 23.6 Å². The first-order valence-electron chi connectivity index (χ1n) is 8.80. The molecular weight excluding hydrogens is 364 g/mol. The van der Waals surface area contributed by atoms with Crippen LogP contribution in [0.1, 0.15) is 41.9 Å². The van der Waals surface area contributed by atoms with Gasteiger partial charge >= 0.3 is 5.97 Å². The molecule has 0 amide bonds. The lowest BCUT2D eigenvalue weighted by Crippen LogP contribution is -2.08. The topological polar surface area (TPSA) is 101 Å². The van der Waals surface area contributed by atoms with Gasteiger partial charge in [0.15, 0.2) is 11.5 Å². The zero-order chi connectivity index (χ0) is 20.5. The third-order valence-electron chi connectivity index (χ3n) is 3.69. The van der Waals surface area contributed by atoms with Crippen LogP contribution in [0.25, 0.3) is 12.2 Å². The van der Waals surface area contributed by atoms with Crippen LogP contribution >= 0.6 is 0 Å². The summed E-state index contributed by atoms with van der Waals surface area (Å²) in [5, 5.41) is 11.0. The molecule has 148 valence electrons. The molecule has 0 saturated heterocycles. The minimum Gasteiger partial charge on any atom is -0.493 e. The van der Waals surface area contributed by atoms with Gasteiger partial charge in [-0.3, -0.25) is 10.1 Å². The molecule has 1 aromatic heterocycles. The molecule has 0 saturated carbocycles. The van der Waals surface area contributed by atoms with Crippen LogP contribution in [0.2, 0.25) is 0 Å². The van der Waals surface area contributed by atoms with E-state index in [0.717, 1.165) is 24.2 Å². The standard InChI is InChI=1S/C20H22N2O6/c1-4-10-28-19-11-14(7-9-18(19)26-3)6-8-17-16(20(23)27-5-2)12-15(13-21-17)22(24)25/h6-9,11-13H,4-5,10H2,1-3H3/b8-6+. The molecule has 1 aromatic carbocycles. The molecule has 0 unspecified atom stereocenters. The van der Waals surface area contributed by atoms with E-state index in [4.69, 9.17) is 14.2 Å². The van der Waals surface area contributed by atoms with Crippen molar-refractivity contribution in [1.29, 1.82) is 0 Å². The number of hydrogen-bond donors (Lipinski definition) is 0. The lowest BCUT2D eigenvalue weighted by Gasteiger charge is -2.10. The molecule has 2 aromatic rings. The zero-order valence-corrected chi connectivity index (χ0v) is 16.0. The van der Waals surface area contributed by atoms with Gasteiger partial charge in [-0.1, -0.05) is 19.1 Å². The average Bonchev–Trinajstić information content (AvgIpc) is 2.70. The Bertz CT molecular complexity index is 879. The second-order valence-electron chi connectivity index (χ2n) is 5.70. The van der Waals surface area contributed by atoms with Crippen molar-refractivity contribution < 1.29 is 23.9 Å². The van der Waals surface area contributed by atoms with Crippen molar-refractivity contribution in [3.05, 3.63) is 57.4 Å². The van der Waals surface area contributed by atoms with Crippen molar-refractivity contribution in [2.45, 2.75) is 20.3 Å². The number of benzene rings is 1. The van der Waals surface area contributed by atoms with Crippen molar-refractivity contribution in [1.82, 2.24) is 4.98 Å². The third kappa shape index (κ3) is 5.29. The summed E-state index contributed by atoms with van der Waals surface area (Å²) < 4.78 is 15.9. The summed E-state index contributed by atoms with van der Waals surface area (Å²) in [5.74, 6) is 0.556. The van der Waals surface area contributed by atoms with Crippen LogP contribution < -0.4 is 9.47 Å². The Kier molecular flexibility index (Phi) is 7.50. The van der Waals surface area contributed by atoms with Gasteiger partial charge in [-0.15, -0.1) is 0 Å². The maximum Gasteiger partial charge on any atom is 0.340 e. The fourth-order valence-corrected chi connectivity index (χ4v) is 2.37. The number of nitro groups is 1. The predicted octanol–water partition coefficient (Wildman–Crippen LogP) is 4.13. The number of pyridine rings is 1. The van der Waals surface area contributed by atoms with E-state index in [2.05, 4.69) is 4.98 Å². The Morgan fingerprint density at radius 1 is 1.21 bits per heavy atom. The Hall–Kier alpha value is -3.42. The molecule has 0 atom stereocenters. The Morgan fingerprint density at radius 2 is 2.00 bits per heavy atom. The summed E-state index contributed by atoms with van der Waals surface area (Å²) in [5.41, 5.74) is 0.820. The molecule has 8 nitrogen and oxygen atoms in total. The third-order valence-corrected chi connectivity index (χ3v) is 3.69. The summed E-state index contributed by atoms with van der Waals surface area (Å²) in [6.07, 6.45) is 5.29. The minimum atomic E-state index is -0.667. The summed E-state index contributed by atoms with van der Waals surface area (Å²) in [4.78, 5) is 26.6. The van der Waals surface area contributed by atoms with Gasteiger partial charge in [-0.25, -0.2) is 9.78 Å². The molecule has 0 N–H and O–H groups in total. The van der Waals surface area contributed by atoms with Gasteiger partial charge in [0.05, 0.1) is 36.5 Å². The summed E-state index contributed by atoms with van der Waals surface area (Å²) in [7, 11) is 1.57. The molecule has 28 heavy (non-hydrogen) atoms. The van der Waals surface area contributed by atoms with Gasteiger partial charge in [0.25, 0.3) is 5.69 Å². The lowest BCUT2D eigenvalue weighted by molar-refractivity contribution is -0.385. The van der Waals surface area contributed by atoms with Crippen LogP contribution in [0.5, 0.6) is 11.5 Å². The van der Waals surface area contributed by atoms with Gasteiger partial charge in [-0.2, -0.15) is 0 Å². The zero-order valence-electron chi connectivity index (χ0n) is 16.0. The van der Waals surface area contributed by atoms with E-state index in [9.17, 15) is 14.9 Å². The first-order valence-corrected chi connectivity index (χ1v) is 8.80. The van der Waals surface area contributed by atoms with E-state index in [0.29, 0.717) is 18.1 Å². The summed E-state index contributed by atoms with van der Waals surface area (Å²) in [6, 6.07) is 6.57. The van der Waals surface area contributed by atoms with E-state index >= 15 is 0 Å². The number of ether oxygens (including phenoxy) is 3. The van der Waals surface area contributed by atoms with Crippen molar-refractivity contribution >= 4 is 23.8 Å². The van der Waals surface area contributed by atoms with Crippen LogP contribution in [-0.4, -0.2) is 36.2 Å². The molecule has 0 aliphatic heterocycles. The number of nitrogens with zero attached hydrogens (tertiary/aromatic N) is 2. The number of carbonyl (C=O) groups excluding carboxylic acids is 1. The molecule has 0 bridgehead atoms. The number of aromatic nitrogens is 1. The molecule has 0 radical (unpaired) electrons. The van der Waals surface area contributed by atoms with E-state index < -0.39 is 10.9 Å². The number of hydrogen-bond acceptors (Lipinski definition) is 7. The van der Waals surface area contributed by atoms with Crippen LogP contribution in [0, 0.1) is 10.1 Å². The van der Waals surface area contributed by atoms with E-state index in [1.54, 1.807) is 38.3 Å². The molecule has 8 heteroatoms. The lowest BCUT2D eigenvalue weighted by atomic mass is 10.1. The van der Waals surface area contributed by atoms with Gasteiger partial charge in [0, 0.05) is 6.07 Å². The predicted molar refractivity (Wildman–Crippen MR) is 105 cm³/mol. The molecule has 2 rings (SSSR count). The molecule has 1 heterocycles. The highest BCUT2D eigenvalue weighted by Gasteiger charge is 2.17. The Balaban J connectivity index is 2.37. The van der Waals surface area contributed by atoms with Crippen LogP contribution in [0.3, 0.4) is 0 Å². The van der Waals surface area contributed by atoms with Crippen molar-refractivity contribution in [2.24, 2.45) is 0 Å². The molecule has 0 spiro atoms. The molecule has 0 aliphatic carbocycles. The highest BCUT2D eigenvalue weighted by Crippen LogP contribution is 2.29. The SMILES string of the molecule is CCCOc1cc(/C=C/c2ncc([N+](=O)[O-])cc2C(=O)OCC)ccc1OC. The first-order chi connectivity index (χ1) is 13.5. The van der Waals surface area contributed by atoms with Crippen LogP contribution in [-0.2, 0) is 4.74 Å². The van der Waals surface area contributed by atoms with Crippen LogP contribution in [0.15, 0.2) is 30.5 Å². The summed E-state index contributed by atoms with van der Waals surface area (Å²) >= 11 is 0. The van der Waals surface area contributed by atoms with Gasteiger partial charge in [0.1, 0.15) is 6.20 Å². The number of carbonyl (C=O) groups is 1. The van der Waals surface area contributed by atoms with Crippen molar-refractivity contribution in [2.75, 3.05) is 20.3 Å². The van der Waals surface area contributed by atoms with Crippen molar-refractivity contribution in [3.63, 3.8) is 0 Å². The van der Waals surface area contributed by atoms with Gasteiger partial charge < -0.3 is 14.2 Å². The van der Waals surface area contributed by atoms with Crippen LogP contribution in [0.4, 0.5) is 5.69 Å². The maximum absolute atomic E-state index is 12.2. The van der Waals surface area contributed by atoms with Crippen molar-refractivity contribution in [3.8, 4) is 11.5 Å². The fourth-order valence-electron chi connectivity index (χ4n) is 2.37. The normalized spacial score (nSPS) is 10.7. The monoisotopic (exact) mass is 386 g/mol. The average molecular weight is 386 g/mol. The highest BCUT2D eigenvalue weighted by molar-refractivity contribution is 5.94. The van der Waals surface area contributed by atoms with Gasteiger partial charge in [-0.05, 0) is 37.1 Å². The number of methoxy groups -OCH3 is 1. The maximum atomic E-state index is 12.2. The highest BCUT2D eigenvalue weighted by atomic mass is 16.6. The fraction of sp³-hybridized carbons (Fsp3) is 0.300. The first kappa shape index (κ1) is 20.9. The smallest absolute Gasteiger partial charge is 0.340 e. The molecule has 0 fully saturated rings.